The fourth-order valence-corrected chi connectivity index (χ4v) is 2.05. The number of aromatic nitrogens is 2. The fourth-order valence-electron chi connectivity index (χ4n) is 2.05. The first-order chi connectivity index (χ1) is 6.79. The molecule has 0 unspecified atom stereocenters. The van der Waals surface area contributed by atoms with Crippen molar-refractivity contribution in [2.24, 2.45) is 0 Å². The Labute approximate surface area is 86.5 Å². The Morgan fingerprint density at radius 3 is 2.71 bits per heavy atom. The second-order valence-corrected chi connectivity index (χ2v) is 3.92. The van der Waals surface area contributed by atoms with E-state index in [2.05, 4.69) is 16.9 Å². The van der Waals surface area contributed by atoms with Crippen molar-refractivity contribution in [2.75, 3.05) is 19.6 Å². The Bertz CT molecular complexity index is 289. The molecule has 0 N–H and O–H groups in total. The molecular weight excluding hydrogens is 173 g/mol. The molecule has 2 radical (unpaired) electrons. The molecule has 0 saturated carbocycles. The van der Waals surface area contributed by atoms with Crippen molar-refractivity contribution in [1.29, 1.82) is 0 Å². The second-order valence-electron chi connectivity index (χ2n) is 3.92. The van der Waals surface area contributed by atoms with Crippen LogP contribution in [0.4, 0.5) is 0 Å². The lowest BCUT2D eigenvalue weighted by Gasteiger charge is -2.31. The van der Waals surface area contributed by atoms with Crippen LogP contribution >= 0.6 is 0 Å². The molecule has 2 rings (SSSR count). The largest absolute Gasteiger partial charge is 0.303 e. The van der Waals surface area contributed by atoms with Gasteiger partial charge in [0.25, 0.3) is 0 Å². The molecule has 0 aromatic carbocycles. The summed E-state index contributed by atoms with van der Waals surface area (Å²) >= 11 is 0. The predicted octanol–water partition coefficient (Wildman–Crippen LogP) is 0.334. The molecule has 0 bridgehead atoms. The van der Waals surface area contributed by atoms with Crippen LogP contribution in [0.15, 0.2) is 12.4 Å². The first-order valence-electron chi connectivity index (χ1n) is 5.31. The molecular formula is C10H16BN3. The summed E-state index contributed by atoms with van der Waals surface area (Å²) in [6.45, 7) is 5.74. The van der Waals surface area contributed by atoms with E-state index >= 15 is 0 Å². The highest BCUT2D eigenvalue weighted by molar-refractivity contribution is 6.31. The molecule has 0 spiro atoms. The summed E-state index contributed by atoms with van der Waals surface area (Å²) in [5.74, 6) is 0. The van der Waals surface area contributed by atoms with Crippen LogP contribution in [0, 0.1) is 0 Å². The quantitative estimate of drug-likeness (QED) is 0.625. The van der Waals surface area contributed by atoms with Crippen molar-refractivity contribution in [3.63, 3.8) is 0 Å². The zero-order chi connectivity index (χ0) is 9.97. The van der Waals surface area contributed by atoms with Gasteiger partial charge in [-0.05, 0) is 19.4 Å². The maximum atomic E-state index is 5.64. The molecule has 1 saturated heterocycles. The molecule has 1 aromatic heterocycles. The smallest absolute Gasteiger partial charge is 0.118 e. The molecule has 3 nitrogen and oxygen atoms in total. The Morgan fingerprint density at radius 2 is 2.21 bits per heavy atom. The van der Waals surface area contributed by atoms with E-state index in [4.69, 9.17) is 7.85 Å². The lowest BCUT2D eigenvalue weighted by atomic mass is 10.0. The summed E-state index contributed by atoms with van der Waals surface area (Å²) in [5, 5.41) is 4.26. The van der Waals surface area contributed by atoms with Crippen LogP contribution in [0.1, 0.15) is 25.8 Å². The third-order valence-electron chi connectivity index (χ3n) is 3.00. The van der Waals surface area contributed by atoms with Gasteiger partial charge in [-0.3, -0.25) is 4.68 Å². The monoisotopic (exact) mass is 189 g/mol. The molecule has 0 aliphatic carbocycles. The van der Waals surface area contributed by atoms with E-state index in [-0.39, 0.29) is 0 Å². The van der Waals surface area contributed by atoms with Crippen molar-refractivity contribution in [2.45, 2.75) is 25.8 Å². The first kappa shape index (κ1) is 9.78. The van der Waals surface area contributed by atoms with Crippen molar-refractivity contribution < 1.29 is 0 Å². The molecule has 74 valence electrons. The van der Waals surface area contributed by atoms with Crippen LogP contribution in [-0.2, 0) is 0 Å². The summed E-state index contributed by atoms with van der Waals surface area (Å²) in [5.41, 5.74) is 0.767. The van der Waals surface area contributed by atoms with Gasteiger partial charge in [0.2, 0.25) is 0 Å². The van der Waals surface area contributed by atoms with Crippen LogP contribution in [-0.4, -0.2) is 42.2 Å². The Balaban J connectivity index is 1.95. The Hall–Kier alpha value is -0.765. The maximum Gasteiger partial charge on any atom is 0.118 e. The van der Waals surface area contributed by atoms with Gasteiger partial charge in [-0.25, -0.2) is 0 Å². The SMILES string of the molecule is [B]c1cnn(C2CCN(CC)CC2)c1. The lowest BCUT2D eigenvalue weighted by molar-refractivity contribution is 0.187. The Morgan fingerprint density at radius 1 is 1.50 bits per heavy atom. The minimum Gasteiger partial charge on any atom is -0.303 e. The molecule has 1 aliphatic rings. The van der Waals surface area contributed by atoms with Gasteiger partial charge in [-0.15, -0.1) is 0 Å². The summed E-state index contributed by atoms with van der Waals surface area (Å²) in [6, 6.07) is 0.551. The zero-order valence-electron chi connectivity index (χ0n) is 8.69. The molecule has 0 amide bonds. The third-order valence-corrected chi connectivity index (χ3v) is 3.00. The highest BCUT2D eigenvalue weighted by Gasteiger charge is 2.19. The zero-order valence-corrected chi connectivity index (χ0v) is 8.69. The molecule has 1 fully saturated rings. The average molecular weight is 189 g/mol. The number of rotatable bonds is 2. The molecule has 1 aliphatic heterocycles. The number of piperidine rings is 1. The standard InChI is InChI=1S/C10H16BN3/c1-2-13-5-3-10(4-6-13)14-8-9(11)7-12-14/h7-8,10H,2-6H2,1H3. The van der Waals surface area contributed by atoms with E-state index in [1.54, 1.807) is 6.20 Å². The van der Waals surface area contributed by atoms with Gasteiger partial charge in [0, 0.05) is 25.5 Å². The van der Waals surface area contributed by atoms with Crippen LogP contribution in [0.25, 0.3) is 0 Å². The number of nitrogens with zero attached hydrogens (tertiary/aromatic N) is 3. The van der Waals surface area contributed by atoms with Gasteiger partial charge in [-0.2, -0.15) is 5.10 Å². The van der Waals surface area contributed by atoms with Crippen LogP contribution in [0.2, 0.25) is 0 Å². The van der Waals surface area contributed by atoms with Crippen LogP contribution < -0.4 is 5.46 Å². The molecule has 14 heavy (non-hydrogen) atoms. The normalized spacial score (nSPS) is 20.1. The maximum absolute atomic E-state index is 5.64. The van der Waals surface area contributed by atoms with Crippen molar-refractivity contribution in [3.8, 4) is 0 Å². The van der Waals surface area contributed by atoms with Gasteiger partial charge in [0.1, 0.15) is 7.85 Å². The van der Waals surface area contributed by atoms with Gasteiger partial charge in [0.15, 0.2) is 0 Å². The number of likely N-dealkylation sites (tertiary alicyclic amines) is 1. The van der Waals surface area contributed by atoms with Crippen LogP contribution in [0.5, 0.6) is 0 Å². The highest BCUT2D eigenvalue weighted by atomic mass is 15.3. The topological polar surface area (TPSA) is 21.1 Å². The van der Waals surface area contributed by atoms with Crippen molar-refractivity contribution in [3.05, 3.63) is 12.4 Å². The minimum atomic E-state index is 0.551. The number of hydrogen-bond acceptors (Lipinski definition) is 2. The minimum absolute atomic E-state index is 0.551. The molecule has 1 aromatic rings. The first-order valence-corrected chi connectivity index (χ1v) is 5.31. The van der Waals surface area contributed by atoms with E-state index in [1.165, 1.54) is 25.9 Å². The third kappa shape index (κ3) is 2.00. The predicted molar refractivity (Wildman–Crippen MR) is 58.0 cm³/mol. The average Bonchev–Trinajstić information content (AvgIpc) is 2.65. The fraction of sp³-hybridized carbons (Fsp3) is 0.700. The highest BCUT2D eigenvalue weighted by Crippen LogP contribution is 2.20. The van der Waals surface area contributed by atoms with E-state index in [0.717, 1.165) is 12.0 Å². The van der Waals surface area contributed by atoms with Gasteiger partial charge < -0.3 is 4.90 Å². The molecule has 0 atom stereocenters. The molecule has 4 heteroatoms. The number of hydrogen-bond donors (Lipinski definition) is 0. The summed E-state index contributed by atoms with van der Waals surface area (Å²) in [4.78, 5) is 2.48. The van der Waals surface area contributed by atoms with Crippen molar-refractivity contribution >= 4 is 13.3 Å². The van der Waals surface area contributed by atoms with Gasteiger partial charge in [-0.1, -0.05) is 12.4 Å². The Kier molecular flexibility index (Phi) is 2.92. The second kappa shape index (κ2) is 4.17. The van der Waals surface area contributed by atoms with Crippen molar-refractivity contribution in [1.82, 2.24) is 14.7 Å². The lowest BCUT2D eigenvalue weighted by Crippen LogP contribution is -2.34. The van der Waals surface area contributed by atoms with E-state index in [0.29, 0.717) is 6.04 Å². The van der Waals surface area contributed by atoms with E-state index < -0.39 is 0 Å². The van der Waals surface area contributed by atoms with E-state index in [1.807, 2.05) is 10.9 Å². The summed E-state index contributed by atoms with van der Waals surface area (Å²) < 4.78 is 2.02. The molecule has 2 heterocycles. The van der Waals surface area contributed by atoms with Crippen LogP contribution in [0.3, 0.4) is 0 Å². The van der Waals surface area contributed by atoms with Gasteiger partial charge >= 0.3 is 0 Å². The van der Waals surface area contributed by atoms with Gasteiger partial charge in [0.05, 0.1) is 6.04 Å². The van der Waals surface area contributed by atoms with E-state index in [9.17, 15) is 0 Å². The summed E-state index contributed by atoms with van der Waals surface area (Å²) in [7, 11) is 5.64. The summed E-state index contributed by atoms with van der Waals surface area (Å²) in [6.07, 6.45) is 6.04.